The van der Waals surface area contributed by atoms with Gasteiger partial charge in [0.25, 0.3) is 0 Å². The van der Waals surface area contributed by atoms with Crippen molar-refractivity contribution in [2.24, 2.45) is 0 Å². The Morgan fingerprint density at radius 1 is 0.880 bits per heavy atom. The smallest absolute Gasteiger partial charge is 0.241 e. The van der Waals surface area contributed by atoms with Crippen LogP contribution in [0.2, 0.25) is 0 Å². The topological polar surface area (TPSA) is 37.9 Å². The summed E-state index contributed by atoms with van der Waals surface area (Å²) in [4.78, 5) is 0. The number of aromatic nitrogens is 1. The van der Waals surface area contributed by atoms with Crippen molar-refractivity contribution in [2.45, 2.75) is 0 Å². The van der Waals surface area contributed by atoms with Crippen LogP contribution >= 0.6 is 0 Å². The minimum absolute atomic E-state index is 0.0995. The monoisotopic (exact) mass is 328 g/mol. The van der Waals surface area contributed by atoms with Crippen molar-refractivity contribution in [3.8, 4) is 23.4 Å². The molecule has 0 aliphatic carbocycles. The van der Waals surface area contributed by atoms with Crippen LogP contribution < -0.4 is 4.74 Å². The largest absolute Gasteiger partial charge is 0.437 e. The van der Waals surface area contributed by atoms with Crippen molar-refractivity contribution >= 4 is 10.9 Å². The molecule has 25 heavy (non-hydrogen) atoms. The first-order valence-corrected chi connectivity index (χ1v) is 7.80. The van der Waals surface area contributed by atoms with Crippen molar-refractivity contribution in [3.05, 3.63) is 90.2 Å². The van der Waals surface area contributed by atoms with E-state index in [1.807, 2.05) is 48.5 Å². The molecule has 0 bridgehead atoms. The van der Waals surface area contributed by atoms with Crippen LogP contribution in [0.4, 0.5) is 4.39 Å². The standard InChI is InChI=1S/C21H13FN2O/c22-20-18-12-11-15(14-23)13-19(18)24(16-7-3-1-4-8-16)21(20)25-17-9-5-2-6-10-17/h1-13H. The molecule has 120 valence electrons. The molecule has 0 saturated carbocycles. The van der Waals surface area contributed by atoms with Gasteiger partial charge in [0.15, 0.2) is 5.82 Å². The molecule has 0 unspecified atom stereocenters. The van der Waals surface area contributed by atoms with Gasteiger partial charge in [-0.25, -0.2) is 4.39 Å². The highest BCUT2D eigenvalue weighted by atomic mass is 19.1. The Morgan fingerprint density at radius 3 is 2.24 bits per heavy atom. The van der Waals surface area contributed by atoms with Crippen LogP contribution in [0.5, 0.6) is 11.6 Å². The predicted molar refractivity (Wildman–Crippen MR) is 94.5 cm³/mol. The van der Waals surface area contributed by atoms with Gasteiger partial charge in [-0.15, -0.1) is 0 Å². The number of rotatable bonds is 3. The molecule has 0 aliphatic rings. The van der Waals surface area contributed by atoms with Crippen LogP contribution in [0.3, 0.4) is 0 Å². The number of fused-ring (bicyclic) bond motifs is 1. The summed E-state index contributed by atoms with van der Waals surface area (Å²) in [5, 5.41) is 9.60. The molecule has 0 N–H and O–H groups in total. The lowest BCUT2D eigenvalue weighted by atomic mass is 10.2. The Hall–Kier alpha value is -3.58. The number of nitrogens with zero attached hydrogens (tertiary/aromatic N) is 2. The van der Waals surface area contributed by atoms with E-state index in [-0.39, 0.29) is 5.88 Å². The van der Waals surface area contributed by atoms with Gasteiger partial charge < -0.3 is 4.74 Å². The molecule has 0 fully saturated rings. The summed E-state index contributed by atoms with van der Waals surface area (Å²) >= 11 is 0. The van der Waals surface area contributed by atoms with Gasteiger partial charge in [0, 0.05) is 11.1 Å². The second-order valence-corrected chi connectivity index (χ2v) is 5.55. The minimum atomic E-state index is -0.452. The van der Waals surface area contributed by atoms with Crippen molar-refractivity contribution in [2.75, 3.05) is 0 Å². The summed E-state index contributed by atoms with van der Waals surface area (Å²) in [5.74, 6) is 0.191. The molecular weight excluding hydrogens is 315 g/mol. The van der Waals surface area contributed by atoms with Gasteiger partial charge >= 0.3 is 0 Å². The third kappa shape index (κ3) is 2.62. The highest BCUT2D eigenvalue weighted by Gasteiger charge is 2.21. The lowest BCUT2D eigenvalue weighted by Gasteiger charge is -2.11. The average molecular weight is 328 g/mol. The lowest BCUT2D eigenvalue weighted by Crippen LogP contribution is -1.98. The number of ether oxygens (including phenoxy) is 1. The van der Waals surface area contributed by atoms with E-state index in [0.717, 1.165) is 5.69 Å². The summed E-state index contributed by atoms with van der Waals surface area (Å²) in [5.41, 5.74) is 1.82. The fourth-order valence-corrected chi connectivity index (χ4v) is 2.82. The van der Waals surface area contributed by atoms with E-state index in [2.05, 4.69) is 6.07 Å². The zero-order chi connectivity index (χ0) is 17.2. The van der Waals surface area contributed by atoms with Crippen LogP contribution in [-0.2, 0) is 0 Å². The van der Waals surface area contributed by atoms with Crippen LogP contribution in [0.25, 0.3) is 16.6 Å². The fourth-order valence-electron chi connectivity index (χ4n) is 2.82. The maximum absolute atomic E-state index is 15.1. The summed E-state index contributed by atoms with van der Waals surface area (Å²) < 4.78 is 22.6. The molecule has 1 heterocycles. The molecule has 3 aromatic carbocycles. The molecule has 0 aliphatic heterocycles. The molecule has 3 nitrogen and oxygen atoms in total. The summed E-state index contributed by atoms with van der Waals surface area (Å²) in [6.45, 7) is 0. The van der Waals surface area contributed by atoms with E-state index < -0.39 is 5.82 Å². The fraction of sp³-hybridized carbons (Fsp3) is 0. The number of hydrogen-bond donors (Lipinski definition) is 0. The van der Waals surface area contributed by atoms with E-state index in [1.165, 1.54) is 0 Å². The van der Waals surface area contributed by atoms with Gasteiger partial charge in [-0.1, -0.05) is 36.4 Å². The van der Waals surface area contributed by atoms with Crippen LogP contribution in [0.1, 0.15) is 5.56 Å². The molecule has 4 rings (SSSR count). The van der Waals surface area contributed by atoms with Crippen LogP contribution in [0, 0.1) is 17.1 Å². The highest BCUT2D eigenvalue weighted by Crippen LogP contribution is 2.36. The second kappa shape index (κ2) is 6.14. The molecule has 1 aromatic heterocycles. The zero-order valence-electron chi connectivity index (χ0n) is 13.2. The maximum Gasteiger partial charge on any atom is 0.241 e. The molecule has 4 heteroatoms. The van der Waals surface area contributed by atoms with Crippen molar-refractivity contribution in [3.63, 3.8) is 0 Å². The van der Waals surface area contributed by atoms with E-state index in [1.54, 1.807) is 34.9 Å². The molecule has 0 saturated heterocycles. The number of hydrogen-bond acceptors (Lipinski definition) is 2. The van der Waals surface area contributed by atoms with Gasteiger partial charge in [-0.2, -0.15) is 5.26 Å². The van der Waals surface area contributed by atoms with E-state index >= 15 is 4.39 Å². The maximum atomic E-state index is 15.1. The Kier molecular flexibility index (Phi) is 3.68. The lowest BCUT2D eigenvalue weighted by molar-refractivity contribution is 0.421. The van der Waals surface area contributed by atoms with Gasteiger partial charge in [0.05, 0.1) is 17.1 Å². The van der Waals surface area contributed by atoms with Gasteiger partial charge in [-0.05, 0) is 42.5 Å². The zero-order valence-corrected chi connectivity index (χ0v) is 13.2. The van der Waals surface area contributed by atoms with Gasteiger partial charge in [0.1, 0.15) is 5.75 Å². The SMILES string of the molecule is N#Cc1ccc2c(F)c(Oc3ccccc3)n(-c3ccccc3)c2c1. The third-order valence-electron chi connectivity index (χ3n) is 3.97. The second-order valence-electron chi connectivity index (χ2n) is 5.55. The molecular formula is C21H13FN2O. The van der Waals surface area contributed by atoms with Crippen LogP contribution in [-0.4, -0.2) is 4.57 Å². The molecule has 0 radical (unpaired) electrons. The first-order chi connectivity index (χ1) is 12.3. The van der Waals surface area contributed by atoms with Crippen molar-refractivity contribution in [1.82, 2.24) is 4.57 Å². The highest BCUT2D eigenvalue weighted by molar-refractivity contribution is 5.86. The number of nitriles is 1. The molecule has 0 amide bonds. The number of halogens is 1. The van der Waals surface area contributed by atoms with Crippen LogP contribution in [0.15, 0.2) is 78.9 Å². The van der Waals surface area contributed by atoms with Gasteiger partial charge in [0.2, 0.25) is 5.88 Å². The normalized spacial score (nSPS) is 10.6. The Balaban J connectivity index is 2.00. The number of para-hydroxylation sites is 2. The van der Waals surface area contributed by atoms with E-state index in [4.69, 9.17) is 4.74 Å². The molecule has 4 aromatic rings. The Bertz CT molecular complexity index is 1080. The minimum Gasteiger partial charge on any atom is -0.437 e. The third-order valence-corrected chi connectivity index (χ3v) is 3.97. The van der Waals surface area contributed by atoms with E-state index in [0.29, 0.717) is 22.2 Å². The molecule has 0 atom stereocenters. The van der Waals surface area contributed by atoms with E-state index in [9.17, 15) is 5.26 Å². The number of benzene rings is 3. The predicted octanol–water partition coefficient (Wildman–Crippen LogP) is 5.43. The quantitative estimate of drug-likeness (QED) is 0.502. The van der Waals surface area contributed by atoms with Gasteiger partial charge in [-0.3, -0.25) is 4.57 Å². The average Bonchev–Trinajstić information content (AvgIpc) is 2.94. The summed E-state index contributed by atoms with van der Waals surface area (Å²) in [6, 6.07) is 25.4. The Morgan fingerprint density at radius 2 is 1.56 bits per heavy atom. The first kappa shape index (κ1) is 15.0. The Labute approximate surface area is 144 Å². The molecule has 0 spiro atoms. The summed E-state index contributed by atoms with van der Waals surface area (Å²) in [7, 11) is 0. The van der Waals surface area contributed by atoms with Crippen molar-refractivity contribution < 1.29 is 9.13 Å². The first-order valence-electron chi connectivity index (χ1n) is 7.80. The summed E-state index contributed by atoms with van der Waals surface area (Å²) in [6.07, 6.45) is 0. The van der Waals surface area contributed by atoms with Crippen molar-refractivity contribution in [1.29, 1.82) is 5.26 Å².